The maximum atomic E-state index is 12.4. The number of alkyl halides is 3. The Labute approximate surface area is 241 Å². The number of aromatic amines is 1. The number of pyridine rings is 1. The van der Waals surface area contributed by atoms with E-state index in [4.69, 9.17) is 9.47 Å². The number of anilines is 1. The number of nitrogens with zero attached hydrogens (tertiary/aromatic N) is 3. The molecule has 0 aliphatic carbocycles. The van der Waals surface area contributed by atoms with Crippen molar-refractivity contribution in [2.75, 3.05) is 32.2 Å². The van der Waals surface area contributed by atoms with Crippen molar-refractivity contribution in [1.82, 2.24) is 9.97 Å². The predicted octanol–water partition coefficient (Wildman–Crippen LogP) is 7.57. The predicted molar refractivity (Wildman–Crippen MR) is 155 cm³/mol. The summed E-state index contributed by atoms with van der Waals surface area (Å²) in [6.45, 7) is 1.55. The highest BCUT2D eigenvalue weighted by molar-refractivity contribution is 5.95. The Hall–Kier alpha value is -4.91. The van der Waals surface area contributed by atoms with Crippen molar-refractivity contribution in [2.45, 2.75) is 25.1 Å². The van der Waals surface area contributed by atoms with Crippen LogP contribution in [0.15, 0.2) is 79.1 Å². The number of fused-ring (bicyclic) bond motifs is 2. The maximum Gasteiger partial charge on any atom is 0.573 e. The van der Waals surface area contributed by atoms with Gasteiger partial charge in [-0.3, -0.25) is 0 Å². The number of benzene rings is 3. The van der Waals surface area contributed by atoms with Crippen molar-refractivity contribution in [3.8, 4) is 23.3 Å². The molecule has 42 heavy (non-hydrogen) atoms. The number of hydrogen-bond acceptors (Lipinski definition) is 6. The zero-order chi connectivity index (χ0) is 29.7. The quantitative estimate of drug-likeness (QED) is 0.233. The Morgan fingerprint density at radius 2 is 1.74 bits per heavy atom. The van der Waals surface area contributed by atoms with Gasteiger partial charge in [0.25, 0.3) is 0 Å². The maximum absolute atomic E-state index is 12.4. The van der Waals surface area contributed by atoms with Gasteiger partial charge in [-0.2, -0.15) is 5.26 Å². The van der Waals surface area contributed by atoms with E-state index in [1.165, 1.54) is 12.1 Å². The van der Waals surface area contributed by atoms with Crippen LogP contribution in [0.3, 0.4) is 0 Å². The number of aromatic nitrogens is 2. The fourth-order valence-corrected chi connectivity index (χ4v) is 5.35. The minimum Gasteiger partial charge on any atom is -0.493 e. The molecule has 2 aromatic heterocycles. The lowest BCUT2D eigenvalue weighted by Gasteiger charge is -2.34. The minimum atomic E-state index is -4.69. The van der Waals surface area contributed by atoms with Crippen LogP contribution in [0, 0.1) is 11.3 Å². The highest BCUT2D eigenvalue weighted by Gasteiger charge is 2.31. The van der Waals surface area contributed by atoms with E-state index in [1.54, 1.807) is 32.5 Å². The summed E-state index contributed by atoms with van der Waals surface area (Å²) < 4.78 is 51.5. The number of ether oxygens (including phenoxy) is 3. The summed E-state index contributed by atoms with van der Waals surface area (Å²) in [7, 11) is 3.27. The minimum absolute atomic E-state index is 0.180. The monoisotopic (exact) mass is 574 g/mol. The van der Waals surface area contributed by atoms with E-state index in [2.05, 4.69) is 25.7 Å². The first-order valence-electron chi connectivity index (χ1n) is 13.4. The molecule has 216 valence electrons. The van der Waals surface area contributed by atoms with Gasteiger partial charge in [0, 0.05) is 47.6 Å². The molecule has 10 heteroatoms. The molecule has 0 spiro atoms. The van der Waals surface area contributed by atoms with Crippen molar-refractivity contribution in [3.63, 3.8) is 0 Å². The van der Waals surface area contributed by atoms with E-state index in [9.17, 15) is 18.4 Å². The van der Waals surface area contributed by atoms with Gasteiger partial charge in [-0.05, 0) is 48.7 Å². The highest BCUT2D eigenvalue weighted by Crippen LogP contribution is 2.35. The number of nitrogens with one attached hydrogen (secondary N) is 1. The van der Waals surface area contributed by atoms with Gasteiger partial charge in [0.15, 0.2) is 11.5 Å². The number of methoxy groups -OCH3 is 2. The summed E-state index contributed by atoms with van der Waals surface area (Å²) in [5.74, 6) is 2.30. The normalized spacial score (nSPS) is 15.0. The zero-order valence-corrected chi connectivity index (χ0v) is 23.1. The SMILES string of the molecule is COc1ccc2cc[nH]c2c1OC.N#Cc1cnc(N2CCCC(c3ccc(OC(F)(F)F)cc3)C2)c2ccccc12. The topological polar surface area (TPSA) is 83.4 Å². The molecule has 6 rings (SSSR count). The van der Waals surface area contributed by atoms with Crippen LogP contribution < -0.4 is 19.1 Å². The van der Waals surface area contributed by atoms with Crippen LogP contribution in [0.2, 0.25) is 0 Å². The summed E-state index contributed by atoms with van der Waals surface area (Å²) in [6.07, 6.45) is 0.689. The standard InChI is InChI=1S/C22H18F3N3O.C10H11NO2/c23-22(24,25)29-18-9-7-15(8-10-18)16-4-3-11-28(14-16)21-20-6-2-1-5-19(20)17(12-26)13-27-21;1-12-8-4-3-7-5-6-11-9(7)10(8)13-2/h1-2,5-10,13,16H,3-4,11,14H2;3-6,11H,1-2H3. The second kappa shape index (κ2) is 12.3. The Morgan fingerprint density at radius 3 is 2.43 bits per heavy atom. The molecule has 0 amide bonds. The van der Waals surface area contributed by atoms with Crippen molar-refractivity contribution in [1.29, 1.82) is 5.26 Å². The van der Waals surface area contributed by atoms with Crippen molar-refractivity contribution in [2.24, 2.45) is 0 Å². The number of nitriles is 1. The van der Waals surface area contributed by atoms with Gasteiger partial charge in [-0.25, -0.2) is 4.98 Å². The van der Waals surface area contributed by atoms with E-state index < -0.39 is 6.36 Å². The van der Waals surface area contributed by atoms with E-state index in [1.807, 2.05) is 48.7 Å². The summed E-state index contributed by atoms with van der Waals surface area (Å²) in [5, 5.41) is 12.3. The van der Waals surface area contributed by atoms with Gasteiger partial charge < -0.3 is 24.1 Å². The van der Waals surface area contributed by atoms with Crippen molar-refractivity contribution >= 4 is 27.5 Å². The summed E-state index contributed by atoms with van der Waals surface area (Å²) >= 11 is 0. The molecule has 5 aromatic rings. The lowest BCUT2D eigenvalue weighted by Crippen LogP contribution is -2.35. The summed E-state index contributed by atoms with van der Waals surface area (Å²) in [5.41, 5.74) is 2.49. The largest absolute Gasteiger partial charge is 0.573 e. The molecule has 1 aliphatic heterocycles. The second-order valence-corrected chi connectivity index (χ2v) is 9.80. The molecular formula is C32H29F3N4O3. The molecule has 7 nitrogen and oxygen atoms in total. The first-order chi connectivity index (χ1) is 20.3. The fourth-order valence-electron chi connectivity index (χ4n) is 5.35. The molecule has 0 bridgehead atoms. The third-order valence-electron chi connectivity index (χ3n) is 7.27. The van der Waals surface area contributed by atoms with E-state index in [-0.39, 0.29) is 11.7 Å². The van der Waals surface area contributed by atoms with Crippen LogP contribution in [-0.4, -0.2) is 43.6 Å². The number of halogens is 3. The van der Waals surface area contributed by atoms with Gasteiger partial charge in [-0.1, -0.05) is 36.4 Å². The van der Waals surface area contributed by atoms with Gasteiger partial charge in [0.2, 0.25) is 0 Å². The van der Waals surface area contributed by atoms with Crippen LogP contribution in [0.25, 0.3) is 21.7 Å². The van der Waals surface area contributed by atoms with Gasteiger partial charge in [0.1, 0.15) is 17.6 Å². The number of rotatable bonds is 5. The average molecular weight is 575 g/mol. The highest BCUT2D eigenvalue weighted by atomic mass is 19.4. The fraction of sp³-hybridized carbons (Fsp3) is 0.250. The Kier molecular flexibility index (Phi) is 8.38. The van der Waals surface area contributed by atoms with Crippen LogP contribution >= 0.6 is 0 Å². The zero-order valence-electron chi connectivity index (χ0n) is 23.1. The first-order valence-corrected chi connectivity index (χ1v) is 13.4. The summed E-state index contributed by atoms with van der Waals surface area (Å²) in [4.78, 5) is 9.84. The molecule has 0 saturated carbocycles. The van der Waals surface area contributed by atoms with Gasteiger partial charge in [-0.15, -0.1) is 13.2 Å². The first kappa shape index (κ1) is 28.6. The third-order valence-corrected chi connectivity index (χ3v) is 7.27. The Balaban J connectivity index is 0.000000226. The lowest BCUT2D eigenvalue weighted by molar-refractivity contribution is -0.274. The molecule has 1 fully saturated rings. The van der Waals surface area contributed by atoms with Crippen LogP contribution in [0.1, 0.15) is 29.9 Å². The molecule has 3 aromatic carbocycles. The van der Waals surface area contributed by atoms with Crippen molar-refractivity contribution in [3.05, 3.63) is 90.3 Å². The van der Waals surface area contributed by atoms with Crippen molar-refractivity contribution < 1.29 is 27.4 Å². The number of hydrogen-bond donors (Lipinski definition) is 1. The average Bonchev–Trinajstić information content (AvgIpc) is 3.49. The van der Waals surface area contributed by atoms with E-state index in [0.717, 1.165) is 63.9 Å². The number of piperidine rings is 1. The van der Waals surface area contributed by atoms with E-state index >= 15 is 0 Å². The third kappa shape index (κ3) is 6.20. The molecule has 1 N–H and O–H groups in total. The van der Waals surface area contributed by atoms with Gasteiger partial charge >= 0.3 is 6.36 Å². The second-order valence-electron chi connectivity index (χ2n) is 9.80. The molecular weight excluding hydrogens is 545 g/mol. The molecule has 1 atom stereocenters. The van der Waals surface area contributed by atoms with Gasteiger partial charge in [0.05, 0.1) is 25.3 Å². The van der Waals surface area contributed by atoms with E-state index in [0.29, 0.717) is 12.1 Å². The number of H-pyrrole nitrogens is 1. The Morgan fingerprint density at radius 1 is 0.976 bits per heavy atom. The molecule has 1 unspecified atom stereocenters. The lowest BCUT2D eigenvalue weighted by atomic mass is 9.90. The summed E-state index contributed by atoms with van der Waals surface area (Å²) in [6, 6.07) is 21.9. The Bertz CT molecular complexity index is 1710. The van der Waals surface area contributed by atoms with Crippen LogP contribution in [0.5, 0.6) is 17.2 Å². The molecule has 0 radical (unpaired) electrons. The van der Waals surface area contributed by atoms with Crippen LogP contribution in [0.4, 0.5) is 19.0 Å². The molecule has 3 heterocycles. The smallest absolute Gasteiger partial charge is 0.493 e. The molecule has 1 aliphatic rings. The molecule has 1 saturated heterocycles. The van der Waals surface area contributed by atoms with Crippen LogP contribution in [-0.2, 0) is 0 Å².